The van der Waals surface area contributed by atoms with Gasteiger partial charge in [-0.25, -0.2) is 0 Å². The van der Waals surface area contributed by atoms with Gasteiger partial charge in [0.25, 0.3) is 0 Å². The Kier molecular flexibility index (Phi) is 2.47. The molecule has 4 heteroatoms. The Bertz CT molecular complexity index is 626. The molecule has 1 aromatic heterocycles. The SMILES string of the molecule is CC(C)(C)C(=O)c1ccc2c(C#N)n[nH]c2c1. The van der Waals surface area contributed by atoms with Crippen molar-refractivity contribution in [3.05, 3.63) is 29.5 Å². The molecule has 0 radical (unpaired) electrons. The van der Waals surface area contributed by atoms with Gasteiger partial charge in [-0.2, -0.15) is 10.4 Å². The van der Waals surface area contributed by atoms with Crippen molar-refractivity contribution in [1.82, 2.24) is 10.2 Å². The van der Waals surface area contributed by atoms with E-state index in [-0.39, 0.29) is 5.78 Å². The zero-order valence-corrected chi connectivity index (χ0v) is 10.0. The molecule has 0 amide bonds. The molecule has 0 fully saturated rings. The molecule has 2 aromatic rings. The first-order valence-corrected chi connectivity index (χ1v) is 5.36. The molecule has 17 heavy (non-hydrogen) atoms. The van der Waals surface area contributed by atoms with Gasteiger partial charge >= 0.3 is 0 Å². The molecule has 0 aliphatic carbocycles. The molecule has 0 unspecified atom stereocenters. The summed E-state index contributed by atoms with van der Waals surface area (Å²) in [4.78, 5) is 12.1. The average molecular weight is 227 g/mol. The summed E-state index contributed by atoms with van der Waals surface area (Å²) < 4.78 is 0. The minimum atomic E-state index is -0.411. The molecule has 0 aliphatic heterocycles. The number of ketones is 1. The molecular formula is C13H13N3O. The van der Waals surface area contributed by atoms with Gasteiger partial charge in [0, 0.05) is 16.4 Å². The first-order chi connectivity index (χ1) is 7.93. The molecule has 0 spiro atoms. The number of hydrogen-bond donors (Lipinski definition) is 1. The Morgan fingerprint density at radius 2 is 2.12 bits per heavy atom. The van der Waals surface area contributed by atoms with Gasteiger partial charge in [-0.1, -0.05) is 26.8 Å². The van der Waals surface area contributed by atoms with Crippen molar-refractivity contribution in [2.75, 3.05) is 0 Å². The number of carbonyl (C=O) groups excluding carboxylic acids is 1. The lowest BCUT2D eigenvalue weighted by Crippen LogP contribution is -2.19. The van der Waals surface area contributed by atoms with E-state index in [1.807, 2.05) is 26.8 Å². The molecule has 0 atom stereocenters. The number of H-pyrrole nitrogens is 1. The van der Waals surface area contributed by atoms with E-state index in [1.165, 1.54) is 0 Å². The maximum atomic E-state index is 12.1. The van der Waals surface area contributed by atoms with Crippen molar-refractivity contribution in [2.24, 2.45) is 5.41 Å². The number of Topliss-reactive ketones (excluding diaryl/α,β-unsaturated/α-hetero) is 1. The molecule has 86 valence electrons. The highest BCUT2D eigenvalue weighted by molar-refractivity contribution is 6.02. The number of nitrogens with zero attached hydrogens (tertiary/aromatic N) is 2. The molecule has 4 nitrogen and oxygen atoms in total. The van der Waals surface area contributed by atoms with Crippen LogP contribution in [0.4, 0.5) is 0 Å². The number of hydrogen-bond acceptors (Lipinski definition) is 3. The topological polar surface area (TPSA) is 69.5 Å². The average Bonchev–Trinajstić information content (AvgIpc) is 2.68. The van der Waals surface area contributed by atoms with Crippen molar-refractivity contribution >= 4 is 16.7 Å². The lowest BCUT2D eigenvalue weighted by Gasteiger charge is -2.16. The highest BCUT2D eigenvalue weighted by Gasteiger charge is 2.23. The zero-order valence-electron chi connectivity index (χ0n) is 10.0. The van der Waals surface area contributed by atoms with Crippen LogP contribution in [0, 0.1) is 16.7 Å². The van der Waals surface area contributed by atoms with Gasteiger partial charge in [-0.15, -0.1) is 0 Å². The van der Waals surface area contributed by atoms with E-state index in [1.54, 1.807) is 18.2 Å². The normalized spacial score (nSPS) is 11.4. The van der Waals surface area contributed by atoms with Crippen molar-refractivity contribution in [3.63, 3.8) is 0 Å². The highest BCUT2D eigenvalue weighted by atomic mass is 16.1. The molecular weight excluding hydrogens is 214 g/mol. The number of nitriles is 1. The van der Waals surface area contributed by atoms with E-state index < -0.39 is 5.41 Å². The Balaban J connectivity index is 2.54. The minimum Gasteiger partial charge on any atom is -0.294 e. The predicted molar refractivity (Wildman–Crippen MR) is 64.6 cm³/mol. The summed E-state index contributed by atoms with van der Waals surface area (Å²) in [6, 6.07) is 7.25. The van der Waals surface area contributed by atoms with Crippen molar-refractivity contribution < 1.29 is 4.79 Å². The third kappa shape index (κ3) is 1.92. The van der Waals surface area contributed by atoms with Crippen LogP contribution in [0.2, 0.25) is 0 Å². The third-order valence-electron chi connectivity index (χ3n) is 2.61. The monoisotopic (exact) mass is 227 g/mol. The van der Waals surface area contributed by atoms with Gasteiger partial charge in [0.15, 0.2) is 11.5 Å². The smallest absolute Gasteiger partial charge is 0.170 e. The highest BCUT2D eigenvalue weighted by Crippen LogP contribution is 2.24. The first kappa shape index (κ1) is 11.3. The van der Waals surface area contributed by atoms with Gasteiger partial charge < -0.3 is 0 Å². The number of carbonyl (C=O) groups is 1. The quantitative estimate of drug-likeness (QED) is 0.761. The molecule has 0 bridgehead atoms. The van der Waals surface area contributed by atoms with E-state index in [4.69, 9.17) is 5.26 Å². The molecule has 0 aliphatic rings. The Hall–Kier alpha value is -2.15. The molecule has 1 aromatic carbocycles. The predicted octanol–water partition coefficient (Wildman–Crippen LogP) is 2.66. The Morgan fingerprint density at radius 3 is 2.71 bits per heavy atom. The van der Waals surface area contributed by atoms with Crippen LogP contribution >= 0.6 is 0 Å². The fraction of sp³-hybridized carbons (Fsp3) is 0.308. The second kappa shape index (κ2) is 3.70. The van der Waals surface area contributed by atoms with Crippen LogP contribution in [-0.4, -0.2) is 16.0 Å². The number of rotatable bonds is 1. The standard InChI is InChI=1S/C13H13N3O/c1-13(2,3)12(17)8-4-5-9-10(6-8)15-16-11(9)7-14/h4-6H,1-3H3,(H,15,16). The first-order valence-electron chi connectivity index (χ1n) is 5.36. The number of aromatic amines is 1. The number of nitrogens with one attached hydrogen (secondary N) is 1. The number of aromatic nitrogens is 2. The fourth-order valence-electron chi connectivity index (χ4n) is 1.68. The van der Waals surface area contributed by atoms with E-state index in [2.05, 4.69) is 10.2 Å². The second-order valence-electron chi connectivity index (χ2n) is 5.02. The van der Waals surface area contributed by atoms with E-state index >= 15 is 0 Å². The van der Waals surface area contributed by atoms with Crippen LogP contribution in [0.15, 0.2) is 18.2 Å². The maximum absolute atomic E-state index is 12.1. The van der Waals surface area contributed by atoms with Crippen LogP contribution in [0.3, 0.4) is 0 Å². The molecule has 0 saturated carbocycles. The fourth-order valence-corrected chi connectivity index (χ4v) is 1.68. The van der Waals surface area contributed by atoms with Crippen LogP contribution in [0.25, 0.3) is 10.9 Å². The summed E-state index contributed by atoms with van der Waals surface area (Å²) in [7, 11) is 0. The summed E-state index contributed by atoms with van der Waals surface area (Å²) in [5, 5.41) is 16.2. The van der Waals surface area contributed by atoms with Crippen LogP contribution in [0.1, 0.15) is 36.8 Å². The Labute approximate surface area is 99.3 Å². The van der Waals surface area contributed by atoms with Crippen molar-refractivity contribution in [1.29, 1.82) is 5.26 Å². The van der Waals surface area contributed by atoms with E-state index in [0.29, 0.717) is 11.3 Å². The number of fused-ring (bicyclic) bond motifs is 1. The summed E-state index contributed by atoms with van der Waals surface area (Å²) in [6.45, 7) is 5.65. The van der Waals surface area contributed by atoms with Crippen LogP contribution in [0.5, 0.6) is 0 Å². The second-order valence-corrected chi connectivity index (χ2v) is 5.02. The lowest BCUT2D eigenvalue weighted by molar-refractivity contribution is 0.0858. The lowest BCUT2D eigenvalue weighted by atomic mass is 9.86. The summed E-state index contributed by atoms with van der Waals surface area (Å²) in [6.07, 6.45) is 0. The number of benzene rings is 1. The van der Waals surface area contributed by atoms with Gasteiger partial charge in [0.1, 0.15) is 6.07 Å². The van der Waals surface area contributed by atoms with E-state index in [9.17, 15) is 4.79 Å². The van der Waals surface area contributed by atoms with E-state index in [0.717, 1.165) is 10.9 Å². The maximum Gasteiger partial charge on any atom is 0.170 e. The van der Waals surface area contributed by atoms with Gasteiger partial charge in [0.05, 0.1) is 5.52 Å². The third-order valence-corrected chi connectivity index (χ3v) is 2.61. The summed E-state index contributed by atoms with van der Waals surface area (Å²) in [5.74, 6) is 0.0764. The Morgan fingerprint density at radius 1 is 1.41 bits per heavy atom. The molecule has 2 rings (SSSR count). The van der Waals surface area contributed by atoms with Gasteiger partial charge in [0.2, 0.25) is 0 Å². The van der Waals surface area contributed by atoms with Crippen molar-refractivity contribution in [2.45, 2.75) is 20.8 Å². The minimum absolute atomic E-state index is 0.0764. The summed E-state index contributed by atoms with van der Waals surface area (Å²) in [5.41, 5.74) is 1.30. The van der Waals surface area contributed by atoms with Gasteiger partial charge in [-0.05, 0) is 12.1 Å². The summed E-state index contributed by atoms with van der Waals surface area (Å²) >= 11 is 0. The van der Waals surface area contributed by atoms with Crippen LogP contribution < -0.4 is 0 Å². The molecule has 1 N–H and O–H groups in total. The van der Waals surface area contributed by atoms with Gasteiger partial charge in [-0.3, -0.25) is 9.89 Å². The largest absolute Gasteiger partial charge is 0.294 e. The zero-order chi connectivity index (χ0) is 12.6. The molecule has 0 saturated heterocycles. The van der Waals surface area contributed by atoms with Crippen molar-refractivity contribution in [3.8, 4) is 6.07 Å². The molecule has 1 heterocycles. The van der Waals surface area contributed by atoms with Crippen LogP contribution in [-0.2, 0) is 0 Å².